The van der Waals surface area contributed by atoms with Gasteiger partial charge in [0.25, 0.3) is 0 Å². The number of rotatable bonds is 6. The highest BCUT2D eigenvalue weighted by Crippen LogP contribution is 2.30. The molecule has 1 saturated heterocycles. The lowest BCUT2D eigenvalue weighted by Crippen LogP contribution is -2.16. The second kappa shape index (κ2) is 8.71. The monoisotopic (exact) mass is 465 g/mol. The smallest absolute Gasteiger partial charge is 0.191 e. The molecule has 1 aliphatic heterocycles. The van der Waals surface area contributed by atoms with Crippen LogP contribution < -0.4 is 0 Å². The van der Waals surface area contributed by atoms with E-state index in [4.69, 9.17) is 4.74 Å². The van der Waals surface area contributed by atoms with Crippen molar-refractivity contribution in [1.82, 2.24) is 14.8 Å². The van der Waals surface area contributed by atoms with Gasteiger partial charge in [-0.3, -0.25) is 4.57 Å². The maximum atomic E-state index is 13.3. The summed E-state index contributed by atoms with van der Waals surface area (Å²) in [6.45, 7) is 1.41. The zero-order valence-electron chi connectivity index (χ0n) is 14.9. The molecule has 0 bridgehead atoms. The minimum Gasteiger partial charge on any atom is -0.376 e. The molecule has 1 aliphatic rings. The molecule has 0 radical (unpaired) electrons. The Kier molecular flexibility index (Phi) is 6.08. The Morgan fingerprint density at radius 3 is 2.61 bits per heavy atom. The molecule has 0 aliphatic carbocycles. The lowest BCUT2D eigenvalue weighted by Gasteiger charge is -2.15. The lowest BCUT2D eigenvalue weighted by molar-refractivity contribution is 0.0953. The van der Waals surface area contributed by atoms with Crippen molar-refractivity contribution in [3.8, 4) is 11.4 Å². The topological polar surface area (TPSA) is 39.9 Å². The van der Waals surface area contributed by atoms with Crippen LogP contribution in [0.1, 0.15) is 18.4 Å². The summed E-state index contributed by atoms with van der Waals surface area (Å²) < 4.78 is 35.2. The minimum absolute atomic E-state index is 0.118. The third-order valence-electron chi connectivity index (χ3n) is 4.60. The van der Waals surface area contributed by atoms with Gasteiger partial charge in [0.05, 0.1) is 12.6 Å². The lowest BCUT2D eigenvalue weighted by atomic mass is 10.2. The van der Waals surface area contributed by atoms with Gasteiger partial charge in [-0.2, -0.15) is 0 Å². The highest BCUT2D eigenvalue weighted by Gasteiger charge is 2.22. The van der Waals surface area contributed by atoms with Crippen LogP contribution in [0.5, 0.6) is 0 Å². The van der Waals surface area contributed by atoms with Crippen LogP contribution in [-0.4, -0.2) is 27.5 Å². The average molecular weight is 466 g/mol. The number of nitrogens with zero attached hydrogens (tertiary/aromatic N) is 3. The van der Waals surface area contributed by atoms with E-state index in [0.29, 0.717) is 18.1 Å². The first-order valence-electron chi connectivity index (χ1n) is 8.97. The van der Waals surface area contributed by atoms with Crippen molar-refractivity contribution in [3.05, 3.63) is 64.1 Å². The molecule has 1 atom stereocenters. The molecule has 0 spiro atoms. The summed E-state index contributed by atoms with van der Waals surface area (Å²) in [6.07, 6.45) is 2.16. The second-order valence-corrected chi connectivity index (χ2v) is 8.38. The Hall–Kier alpha value is -1.77. The quantitative estimate of drug-likeness (QED) is 0.453. The van der Waals surface area contributed by atoms with Gasteiger partial charge in [-0.05, 0) is 54.8 Å². The maximum absolute atomic E-state index is 13.3. The second-order valence-electron chi connectivity index (χ2n) is 6.58. The summed E-state index contributed by atoms with van der Waals surface area (Å²) >= 11 is 4.94. The summed E-state index contributed by atoms with van der Waals surface area (Å²) in [5, 5.41) is 9.46. The molecule has 4 rings (SSSR count). The van der Waals surface area contributed by atoms with Crippen LogP contribution in [0.2, 0.25) is 0 Å². The third kappa shape index (κ3) is 4.45. The van der Waals surface area contributed by atoms with Crippen LogP contribution in [0.4, 0.5) is 8.78 Å². The molecule has 1 unspecified atom stereocenters. The molecule has 3 aromatic rings. The van der Waals surface area contributed by atoms with E-state index in [1.807, 2.05) is 4.57 Å². The van der Waals surface area contributed by atoms with Crippen LogP contribution in [0.25, 0.3) is 11.4 Å². The molecule has 0 N–H and O–H groups in total. The van der Waals surface area contributed by atoms with Crippen LogP contribution in [-0.2, 0) is 17.0 Å². The van der Waals surface area contributed by atoms with E-state index in [0.717, 1.165) is 40.2 Å². The van der Waals surface area contributed by atoms with Crippen molar-refractivity contribution in [2.24, 2.45) is 0 Å². The third-order valence-corrected chi connectivity index (χ3v) is 6.36. The van der Waals surface area contributed by atoms with E-state index in [2.05, 4.69) is 26.1 Å². The summed E-state index contributed by atoms with van der Waals surface area (Å²) in [6, 6.07) is 10.9. The molecular formula is C20H18BrF2N3OS. The van der Waals surface area contributed by atoms with Crippen molar-refractivity contribution < 1.29 is 13.5 Å². The first-order valence-corrected chi connectivity index (χ1v) is 10.8. The van der Waals surface area contributed by atoms with Crippen LogP contribution in [0, 0.1) is 11.6 Å². The molecule has 4 nitrogen and oxygen atoms in total. The van der Waals surface area contributed by atoms with E-state index in [1.165, 1.54) is 36.0 Å². The van der Waals surface area contributed by atoms with Gasteiger partial charge in [0.15, 0.2) is 11.0 Å². The molecule has 28 heavy (non-hydrogen) atoms. The van der Waals surface area contributed by atoms with Crippen LogP contribution in [0.15, 0.2) is 52.1 Å². The number of halogens is 3. The molecule has 8 heteroatoms. The van der Waals surface area contributed by atoms with Gasteiger partial charge in [0.1, 0.15) is 11.6 Å². The highest BCUT2D eigenvalue weighted by atomic mass is 79.9. The predicted octanol–water partition coefficient (Wildman–Crippen LogP) is 5.46. The molecule has 1 fully saturated rings. The fraction of sp³-hybridized carbons (Fsp3) is 0.300. The number of hydrogen-bond acceptors (Lipinski definition) is 4. The van der Waals surface area contributed by atoms with Crippen molar-refractivity contribution in [3.63, 3.8) is 0 Å². The predicted molar refractivity (Wildman–Crippen MR) is 108 cm³/mol. The average Bonchev–Trinajstić information content (AvgIpc) is 3.33. The number of thioether (sulfide) groups is 1. The van der Waals surface area contributed by atoms with E-state index in [9.17, 15) is 8.78 Å². The van der Waals surface area contributed by atoms with Crippen LogP contribution in [0.3, 0.4) is 0 Å². The molecular weight excluding hydrogens is 448 g/mol. The van der Waals surface area contributed by atoms with Crippen molar-refractivity contribution in [1.29, 1.82) is 0 Å². The maximum Gasteiger partial charge on any atom is 0.191 e. The summed E-state index contributed by atoms with van der Waals surface area (Å²) in [5.74, 6) is 0.746. The van der Waals surface area contributed by atoms with Gasteiger partial charge >= 0.3 is 0 Å². The first-order chi connectivity index (χ1) is 13.6. The first kappa shape index (κ1) is 19.5. The number of ether oxygens (including phenoxy) is 1. The Bertz CT molecular complexity index is 959. The fourth-order valence-electron chi connectivity index (χ4n) is 3.15. The van der Waals surface area contributed by atoms with E-state index in [1.54, 1.807) is 18.2 Å². The largest absolute Gasteiger partial charge is 0.376 e. The van der Waals surface area contributed by atoms with Gasteiger partial charge in [0, 0.05) is 22.4 Å². The Balaban J connectivity index is 1.61. The van der Waals surface area contributed by atoms with Gasteiger partial charge in [-0.1, -0.05) is 33.8 Å². The Morgan fingerprint density at radius 1 is 1.11 bits per heavy atom. The molecule has 0 saturated carbocycles. The van der Waals surface area contributed by atoms with Crippen molar-refractivity contribution in [2.45, 2.75) is 36.4 Å². The highest BCUT2D eigenvalue weighted by molar-refractivity contribution is 9.10. The Labute approximate surface area is 174 Å². The van der Waals surface area contributed by atoms with Gasteiger partial charge in [-0.15, -0.1) is 10.2 Å². The van der Waals surface area contributed by atoms with Gasteiger partial charge in [-0.25, -0.2) is 8.78 Å². The molecule has 2 aromatic carbocycles. The summed E-state index contributed by atoms with van der Waals surface area (Å²) in [7, 11) is 0. The summed E-state index contributed by atoms with van der Waals surface area (Å²) in [4.78, 5) is 0. The molecule has 0 amide bonds. The minimum atomic E-state index is -0.287. The van der Waals surface area contributed by atoms with Gasteiger partial charge < -0.3 is 4.74 Å². The number of benzene rings is 2. The molecule has 1 aromatic heterocycles. The molecule has 146 valence electrons. The summed E-state index contributed by atoms with van der Waals surface area (Å²) in [5.41, 5.74) is 1.78. The number of aromatic nitrogens is 3. The van der Waals surface area contributed by atoms with E-state index in [-0.39, 0.29) is 17.7 Å². The SMILES string of the molecule is Fc1ccc(-c2nnc(SCc3ccc(F)cc3Br)n2CC2CCCO2)cc1. The Morgan fingerprint density at radius 2 is 1.89 bits per heavy atom. The van der Waals surface area contributed by atoms with Gasteiger partial charge in [0.2, 0.25) is 0 Å². The van der Waals surface area contributed by atoms with Crippen molar-refractivity contribution >= 4 is 27.7 Å². The fourth-order valence-corrected chi connectivity index (χ4v) is 4.77. The molecule has 2 heterocycles. The zero-order valence-corrected chi connectivity index (χ0v) is 17.3. The van der Waals surface area contributed by atoms with E-state index >= 15 is 0 Å². The normalized spacial score (nSPS) is 16.6. The van der Waals surface area contributed by atoms with E-state index < -0.39 is 0 Å². The zero-order chi connectivity index (χ0) is 19.5. The number of hydrogen-bond donors (Lipinski definition) is 0. The van der Waals surface area contributed by atoms with Crippen molar-refractivity contribution in [2.75, 3.05) is 6.61 Å². The standard InChI is InChI=1S/C20H18BrF2N3OS/c21-18-10-16(23)8-5-14(18)12-28-20-25-24-19(13-3-6-15(22)7-4-13)26(20)11-17-2-1-9-27-17/h3-8,10,17H,1-2,9,11-12H2. The van der Waals surface area contributed by atoms with Crippen LogP contribution >= 0.6 is 27.7 Å².